The van der Waals surface area contributed by atoms with Gasteiger partial charge >= 0.3 is 0 Å². The summed E-state index contributed by atoms with van der Waals surface area (Å²) in [5, 5.41) is 0. The molecule has 13 aromatic rings. The maximum atomic E-state index is 2.50. The molecule has 4 heteroatoms. The summed E-state index contributed by atoms with van der Waals surface area (Å²) in [6.07, 6.45) is 9.93. The van der Waals surface area contributed by atoms with Crippen molar-refractivity contribution in [1.29, 1.82) is 0 Å². The number of hydrogen-bond acceptors (Lipinski definition) is 4. The molecule has 17 rings (SSSR count). The van der Waals surface area contributed by atoms with Gasteiger partial charge in [-0.25, -0.2) is 0 Å². The predicted molar refractivity (Wildman–Crippen MR) is 385 cm³/mol. The van der Waals surface area contributed by atoms with E-state index in [0.717, 1.165) is 56.9 Å². The Balaban J connectivity index is 0.637. The quantitative estimate of drug-likeness (QED) is 0.108. The van der Waals surface area contributed by atoms with Crippen LogP contribution in [0.15, 0.2) is 328 Å². The van der Waals surface area contributed by atoms with Gasteiger partial charge < -0.3 is 19.6 Å². The highest BCUT2D eigenvalue weighted by Gasteiger charge is 2.46. The summed E-state index contributed by atoms with van der Waals surface area (Å²) in [6.45, 7) is 0. The second kappa shape index (κ2) is 23.1. The van der Waals surface area contributed by atoms with Gasteiger partial charge in [0.05, 0.1) is 0 Å². The Morgan fingerprint density at radius 3 is 0.663 bits per heavy atom. The molecule has 0 N–H and O–H groups in total. The topological polar surface area (TPSA) is 13.0 Å². The van der Waals surface area contributed by atoms with E-state index in [1.807, 2.05) is 0 Å². The van der Waals surface area contributed by atoms with E-state index in [1.165, 1.54) is 130 Å². The molecular formula is C88H70N4. The Hall–Kier alpha value is -10.9. The third kappa shape index (κ3) is 9.51. The van der Waals surface area contributed by atoms with Crippen LogP contribution in [0.3, 0.4) is 0 Å². The van der Waals surface area contributed by atoms with E-state index >= 15 is 0 Å². The number of para-hydroxylation sites is 4. The van der Waals surface area contributed by atoms with E-state index in [0.29, 0.717) is 0 Å². The molecule has 2 spiro atoms. The third-order valence-corrected chi connectivity index (χ3v) is 20.5. The fraction of sp³-hybridized carbons (Fsp3) is 0.114. The summed E-state index contributed by atoms with van der Waals surface area (Å²) in [7, 11) is 0. The van der Waals surface area contributed by atoms with Crippen LogP contribution in [0, 0.1) is 0 Å². The second-order valence-corrected chi connectivity index (χ2v) is 25.5. The summed E-state index contributed by atoms with van der Waals surface area (Å²) >= 11 is 0. The number of anilines is 12. The average molecular weight is 1180 g/mol. The highest BCUT2D eigenvalue weighted by molar-refractivity contribution is 5.90. The van der Waals surface area contributed by atoms with Crippen LogP contribution in [-0.4, -0.2) is 0 Å². The summed E-state index contributed by atoms with van der Waals surface area (Å²) in [6, 6.07) is 121. The van der Waals surface area contributed by atoms with E-state index < -0.39 is 0 Å². The van der Waals surface area contributed by atoms with Gasteiger partial charge in [0.1, 0.15) is 0 Å². The first-order valence-electron chi connectivity index (χ1n) is 33.0. The average Bonchev–Trinajstić information content (AvgIpc) is 1.57. The zero-order valence-electron chi connectivity index (χ0n) is 51.6. The van der Waals surface area contributed by atoms with Crippen LogP contribution in [0.4, 0.5) is 68.2 Å². The molecule has 0 heterocycles. The van der Waals surface area contributed by atoms with E-state index in [1.54, 1.807) is 0 Å². The van der Waals surface area contributed by atoms with Crippen molar-refractivity contribution in [2.75, 3.05) is 19.6 Å². The first kappa shape index (κ1) is 55.2. The number of fused-ring (bicyclic) bond motifs is 10. The fourth-order valence-electron chi connectivity index (χ4n) is 16.3. The van der Waals surface area contributed by atoms with Crippen LogP contribution in [0.2, 0.25) is 0 Å². The fourth-order valence-corrected chi connectivity index (χ4v) is 16.3. The third-order valence-electron chi connectivity index (χ3n) is 20.5. The Morgan fingerprint density at radius 2 is 0.380 bits per heavy atom. The first-order chi connectivity index (χ1) is 45.6. The molecule has 4 aliphatic carbocycles. The molecule has 0 unspecified atom stereocenters. The Kier molecular flexibility index (Phi) is 13.9. The summed E-state index contributed by atoms with van der Waals surface area (Å²) in [5.41, 5.74) is 30.0. The molecule has 0 radical (unpaired) electrons. The van der Waals surface area contributed by atoms with Crippen LogP contribution >= 0.6 is 0 Å². The molecule has 13 aromatic carbocycles. The Morgan fingerprint density at radius 1 is 0.174 bits per heavy atom. The Labute approximate surface area is 541 Å². The minimum absolute atomic E-state index is 0.0982. The highest BCUT2D eigenvalue weighted by Crippen LogP contribution is 2.60. The SMILES string of the molecule is c1ccc(N(c2ccc(-c3ccc(N(c4ccccc4)c4ccc5c(c4)C4(CCCC4)c4ccccc4-5)cc3)cc2)c2ccc(N(c3ccccc3)c3ccc(-c4ccc(N(c5ccccc5)c5ccc6c(c5)C5(CCCC5)c5ccccc5-6)cc4)cc3)cc2)cc1. The van der Waals surface area contributed by atoms with Crippen molar-refractivity contribution in [2.45, 2.75) is 62.2 Å². The lowest BCUT2D eigenvalue weighted by atomic mass is 9.76. The number of hydrogen-bond donors (Lipinski definition) is 0. The minimum atomic E-state index is 0.0982. The summed E-state index contributed by atoms with van der Waals surface area (Å²) in [5.74, 6) is 0. The van der Waals surface area contributed by atoms with Crippen molar-refractivity contribution in [3.8, 4) is 44.5 Å². The zero-order chi connectivity index (χ0) is 61.0. The van der Waals surface area contributed by atoms with Crippen molar-refractivity contribution >= 4 is 68.2 Å². The number of nitrogens with zero attached hydrogens (tertiary/aromatic N) is 4. The van der Waals surface area contributed by atoms with Crippen molar-refractivity contribution in [1.82, 2.24) is 0 Å². The van der Waals surface area contributed by atoms with Crippen LogP contribution in [0.1, 0.15) is 73.6 Å². The lowest BCUT2D eigenvalue weighted by Gasteiger charge is -2.30. The molecule has 4 aliphatic rings. The minimum Gasteiger partial charge on any atom is -0.311 e. The van der Waals surface area contributed by atoms with Crippen LogP contribution in [0.5, 0.6) is 0 Å². The monoisotopic (exact) mass is 1180 g/mol. The molecule has 0 aromatic heterocycles. The number of rotatable bonds is 14. The Bertz CT molecular complexity index is 4460. The van der Waals surface area contributed by atoms with Crippen LogP contribution in [-0.2, 0) is 10.8 Å². The molecule has 4 nitrogen and oxygen atoms in total. The van der Waals surface area contributed by atoms with Gasteiger partial charge in [-0.05, 0) is 238 Å². The normalized spacial score (nSPS) is 14.3. The molecule has 2 saturated carbocycles. The van der Waals surface area contributed by atoms with E-state index in [2.05, 4.69) is 347 Å². The summed E-state index contributed by atoms with van der Waals surface area (Å²) in [4.78, 5) is 9.55. The number of benzene rings is 13. The van der Waals surface area contributed by atoms with Gasteiger partial charge in [-0.2, -0.15) is 0 Å². The predicted octanol–water partition coefficient (Wildman–Crippen LogP) is 24.6. The lowest BCUT2D eigenvalue weighted by Crippen LogP contribution is -2.21. The maximum absolute atomic E-state index is 2.50. The van der Waals surface area contributed by atoms with Crippen molar-refractivity contribution in [3.05, 3.63) is 350 Å². The summed E-state index contributed by atoms with van der Waals surface area (Å²) < 4.78 is 0. The second-order valence-electron chi connectivity index (χ2n) is 25.5. The van der Waals surface area contributed by atoms with E-state index in [4.69, 9.17) is 0 Å². The van der Waals surface area contributed by atoms with Gasteiger partial charge in [0.15, 0.2) is 0 Å². The largest absolute Gasteiger partial charge is 0.311 e. The maximum Gasteiger partial charge on any atom is 0.0465 e. The molecule has 0 aliphatic heterocycles. The van der Waals surface area contributed by atoms with Crippen LogP contribution < -0.4 is 19.6 Å². The van der Waals surface area contributed by atoms with Gasteiger partial charge in [0, 0.05) is 79.1 Å². The van der Waals surface area contributed by atoms with Gasteiger partial charge in [-0.3, -0.25) is 0 Å². The van der Waals surface area contributed by atoms with Gasteiger partial charge in [-0.15, -0.1) is 0 Å². The zero-order valence-corrected chi connectivity index (χ0v) is 51.6. The lowest BCUT2D eigenvalue weighted by molar-refractivity contribution is 0.550. The van der Waals surface area contributed by atoms with Gasteiger partial charge in [0.2, 0.25) is 0 Å². The standard InChI is InChI=1S/C88H70N4/c1-5-21-67(22-6-1)89(71-41-33-63(34-42-71)65-37-45-73(46-38-65)91(69-25-9-3-10-26-69)77-53-55-81-79-29-13-15-31-83(79)87(85(81)61-77)57-17-18-58-87)75-49-51-76(52-50-75)90(68-23-7-2-8-24-68)72-43-35-64(36-44-72)66-39-47-74(48-40-66)92(70-27-11-4-12-28-70)78-54-56-82-80-30-14-16-32-84(80)88(86(82)62-78)59-19-20-60-88/h1-16,21-56,61-62H,17-20,57-60H2. The van der Waals surface area contributed by atoms with Crippen molar-refractivity contribution in [2.24, 2.45) is 0 Å². The highest BCUT2D eigenvalue weighted by atomic mass is 15.2. The van der Waals surface area contributed by atoms with Crippen molar-refractivity contribution in [3.63, 3.8) is 0 Å². The smallest absolute Gasteiger partial charge is 0.0465 e. The van der Waals surface area contributed by atoms with Gasteiger partial charge in [0.25, 0.3) is 0 Å². The molecule has 92 heavy (non-hydrogen) atoms. The first-order valence-corrected chi connectivity index (χ1v) is 33.0. The molecule has 442 valence electrons. The molecule has 0 saturated heterocycles. The van der Waals surface area contributed by atoms with Crippen LogP contribution in [0.25, 0.3) is 44.5 Å². The van der Waals surface area contributed by atoms with Crippen molar-refractivity contribution < 1.29 is 0 Å². The molecule has 0 atom stereocenters. The van der Waals surface area contributed by atoms with E-state index in [9.17, 15) is 0 Å². The molecule has 2 fully saturated rings. The van der Waals surface area contributed by atoms with Gasteiger partial charge in [-0.1, -0.05) is 208 Å². The molecule has 0 amide bonds. The molecular weight excluding hydrogens is 1110 g/mol. The molecule has 0 bridgehead atoms. The van der Waals surface area contributed by atoms with E-state index in [-0.39, 0.29) is 10.8 Å².